The van der Waals surface area contributed by atoms with Crippen LogP contribution in [0, 0.1) is 5.92 Å². The van der Waals surface area contributed by atoms with Crippen molar-refractivity contribution in [2.45, 2.75) is 44.7 Å². The second-order valence-electron chi connectivity index (χ2n) is 6.59. The summed E-state index contributed by atoms with van der Waals surface area (Å²) in [6, 6.07) is 8.27. The highest BCUT2D eigenvalue weighted by molar-refractivity contribution is 5.28. The fourth-order valence-electron chi connectivity index (χ4n) is 3.52. The number of likely N-dealkylation sites (N-methyl/N-ethyl adjacent to an activating group) is 1. The molecule has 0 spiro atoms. The zero-order valence-electron chi connectivity index (χ0n) is 13.1. The Morgan fingerprint density at radius 3 is 2.95 bits per heavy atom. The summed E-state index contributed by atoms with van der Waals surface area (Å²) in [6.07, 6.45) is 4.90. The summed E-state index contributed by atoms with van der Waals surface area (Å²) in [4.78, 5) is 2.34. The first kappa shape index (κ1) is 15.3. The first-order valence-corrected chi connectivity index (χ1v) is 7.61. The Balaban J connectivity index is 1.92. The average molecular weight is 276 g/mol. The van der Waals surface area contributed by atoms with E-state index in [0.29, 0.717) is 0 Å². The summed E-state index contributed by atoms with van der Waals surface area (Å²) in [5.41, 5.74) is 7.86. The first-order valence-electron chi connectivity index (χ1n) is 7.61. The molecule has 20 heavy (non-hydrogen) atoms. The third kappa shape index (κ3) is 4.22. The lowest BCUT2D eigenvalue weighted by Crippen LogP contribution is -2.51. The Morgan fingerprint density at radius 1 is 1.45 bits per heavy atom. The highest BCUT2D eigenvalue weighted by Crippen LogP contribution is 2.31. The number of methoxy groups -OCH3 is 1. The maximum Gasteiger partial charge on any atom is 0.119 e. The topological polar surface area (TPSA) is 38.5 Å². The fourth-order valence-corrected chi connectivity index (χ4v) is 3.52. The van der Waals surface area contributed by atoms with Gasteiger partial charge in [0.2, 0.25) is 0 Å². The molecule has 1 aromatic carbocycles. The van der Waals surface area contributed by atoms with Gasteiger partial charge in [0.15, 0.2) is 0 Å². The van der Waals surface area contributed by atoms with Crippen LogP contribution in [0.15, 0.2) is 24.3 Å². The van der Waals surface area contributed by atoms with Crippen LogP contribution in [0.4, 0.5) is 0 Å². The van der Waals surface area contributed by atoms with Crippen LogP contribution in [0.5, 0.6) is 5.75 Å². The lowest BCUT2D eigenvalue weighted by atomic mass is 9.77. The minimum Gasteiger partial charge on any atom is -0.497 e. The van der Waals surface area contributed by atoms with E-state index in [9.17, 15) is 0 Å². The number of benzene rings is 1. The number of ether oxygens (including phenoxy) is 1. The van der Waals surface area contributed by atoms with Crippen LogP contribution in [-0.2, 0) is 6.54 Å². The van der Waals surface area contributed by atoms with Gasteiger partial charge in [0, 0.05) is 18.6 Å². The minimum atomic E-state index is -0.00865. The predicted molar refractivity (Wildman–Crippen MR) is 83.9 cm³/mol. The molecule has 112 valence electrons. The molecule has 3 heteroatoms. The lowest BCUT2D eigenvalue weighted by molar-refractivity contribution is 0.165. The van der Waals surface area contributed by atoms with Gasteiger partial charge in [-0.15, -0.1) is 0 Å². The van der Waals surface area contributed by atoms with Crippen molar-refractivity contribution in [1.82, 2.24) is 4.90 Å². The average Bonchev–Trinajstić information content (AvgIpc) is 2.37. The summed E-state index contributed by atoms with van der Waals surface area (Å²) in [7, 11) is 3.87. The van der Waals surface area contributed by atoms with Crippen LogP contribution in [-0.4, -0.2) is 31.1 Å². The maximum absolute atomic E-state index is 6.59. The van der Waals surface area contributed by atoms with E-state index in [1.807, 2.05) is 12.1 Å². The monoisotopic (exact) mass is 276 g/mol. The molecule has 2 unspecified atom stereocenters. The van der Waals surface area contributed by atoms with Gasteiger partial charge in [-0.1, -0.05) is 31.9 Å². The van der Waals surface area contributed by atoms with E-state index in [4.69, 9.17) is 10.5 Å². The normalized spacial score (nSPS) is 26.8. The number of rotatable bonds is 5. The molecule has 1 aromatic rings. The van der Waals surface area contributed by atoms with E-state index < -0.39 is 0 Å². The molecular formula is C17H28N2O. The van der Waals surface area contributed by atoms with Crippen LogP contribution < -0.4 is 10.5 Å². The number of nitrogens with two attached hydrogens (primary N) is 1. The van der Waals surface area contributed by atoms with Crippen molar-refractivity contribution < 1.29 is 4.74 Å². The summed E-state index contributed by atoms with van der Waals surface area (Å²) in [5.74, 6) is 1.68. The zero-order valence-corrected chi connectivity index (χ0v) is 13.1. The summed E-state index contributed by atoms with van der Waals surface area (Å²) in [6.45, 7) is 4.21. The van der Waals surface area contributed by atoms with Crippen LogP contribution in [0.3, 0.4) is 0 Å². The number of nitrogens with zero attached hydrogens (tertiary/aromatic N) is 1. The molecule has 0 heterocycles. The van der Waals surface area contributed by atoms with Crippen molar-refractivity contribution >= 4 is 0 Å². The van der Waals surface area contributed by atoms with Crippen molar-refractivity contribution in [3.05, 3.63) is 29.8 Å². The molecule has 1 aliphatic rings. The van der Waals surface area contributed by atoms with Crippen molar-refractivity contribution in [2.24, 2.45) is 11.7 Å². The molecule has 3 nitrogen and oxygen atoms in total. The third-order valence-corrected chi connectivity index (χ3v) is 4.30. The molecular weight excluding hydrogens is 248 g/mol. The minimum absolute atomic E-state index is 0.00865. The molecule has 1 fully saturated rings. The van der Waals surface area contributed by atoms with E-state index >= 15 is 0 Å². The van der Waals surface area contributed by atoms with E-state index in [2.05, 4.69) is 31.0 Å². The second kappa shape index (κ2) is 6.59. The van der Waals surface area contributed by atoms with E-state index in [-0.39, 0.29) is 5.54 Å². The first-order chi connectivity index (χ1) is 9.50. The van der Waals surface area contributed by atoms with E-state index in [0.717, 1.165) is 37.6 Å². The molecule has 0 aromatic heterocycles. The highest BCUT2D eigenvalue weighted by atomic mass is 16.5. The summed E-state index contributed by atoms with van der Waals surface area (Å²) in [5, 5.41) is 0. The van der Waals surface area contributed by atoms with Gasteiger partial charge in [-0.3, -0.25) is 0 Å². The zero-order chi connectivity index (χ0) is 14.6. The Kier molecular flexibility index (Phi) is 5.06. The van der Waals surface area contributed by atoms with E-state index in [1.165, 1.54) is 18.4 Å². The van der Waals surface area contributed by atoms with Crippen LogP contribution in [0.1, 0.15) is 38.2 Å². The Labute approximate surface area is 123 Å². The molecule has 2 rings (SSSR count). The molecule has 1 aliphatic carbocycles. The molecule has 2 atom stereocenters. The Hall–Kier alpha value is -1.06. The van der Waals surface area contributed by atoms with Gasteiger partial charge in [0.25, 0.3) is 0 Å². The van der Waals surface area contributed by atoms with Gasteiger partial charge in [-0.2, -0.15) is 0 Å². The maximum atomic E-state index is 6.59. The predicted octanol–water partition coefficient (Wildman–Crippen LogP) is 3.03. The van der Waals surface area contributed by atoms with Crippen molar-refractivity contribution in [1.29, 1.82) is 0 Å². The van der Waals surface area contributed by atoms with Crippen molar-refractivity contribution in [2.75, 3.05) is 20.7 Å². The molecule has 2 N–H and O–H groups in total. The standard InChI is InChI=1S/C17H28N2O/c1-14-6-5-9-17(18,11-14)13-19(2)12-15-7-4-8-16(10-15)20-3/h4,7-8,10,14H,5-6,9,11-13,18H2,1-3H3. The smallest absolute Gasteiger partial charge is 0.119 e. The molecule has 0 saturated heterocycles. The third-order valence-electron chi connectivity index (χ3n) is 4.30. The summed E-state index contributed by atoms with van der Waals surface area (Å²) >= 11 is 0. The fraction of sp³-hybridized carbons (Fsp3) is 0.647. The SMILES string of the molecule is COc1cccc(CN(C)CC2(N)CCCC(C)C2)c1. The second-order valence-corrected chi connectivity index (χ2v) is 6.59. The Morgan fingerprint density at radius 2 is 2.25 bits per heavy atom. The van der Waals surface area contributed by atoms with Gasteiger partial charge >= 0.3 is 0 Å². The molecule has 0 aliphatic heterocycles. The Bertz CT molecular complexity index is 435. The lowest BCUT2D eigenvalue weighted by Gasteiger charge is -2.39. The number of hydrogen-bond donors (Lipinski definition) is 1. The van der Waals surface area contributed by atoms with Crippen molar-refractivity contribution in [3.8, 4) is 5.75 Å². The molecule has 0 amide bonds. The summed E-state index contributed by atoms with van der Waals surface area (Å²) < 4.78 is 5.28. The molecule has 0 bridgehead atoms. The molecule has 0 radical (unpaired) electrons. The van der Waals surface area contributed by atoms with Gasteiger partial charge in [0.05, 0.1) is 7.11 Å². The van der Waals surface area contributed by atoms with E-state index in [1.54, 1.807) is 7.11 Å². The number of hydrogen-bond acceptors (Lipinski definition) is 3. The van der Waals surface area contributed by atoms with Gasteiger partial charge in [-0.05, 0) is 43.5 Å². The van der Waals surface area contributed by atoms with Gasteiger partial charge in [-0.25, -0.2) is 0 Å². The largest absolute Gasteiger partial charge is 0.497 e. The highest BCUT2D eigenvalue weighted by Gasteiger charge is 2.31. The van der Waals surface area contributed by atoms with Crippen molar-refractivity contribution in [3.63, 3.8) is 0 Å². The van der Waals surface area contributed by atoms with Crippen LogP contribution >= 0.6 is 0 Å². The van der Waals surface area contributed by atoms with Crippen LogP contribution in [0.2, 0.25) is 0 Å². The van der Waals surface area contributed by atoms with Crippen LogP contribution in [0.25, 0.3) is 0 Å². The quantitative estimate of drug-likeness (QED) is 0.898. The van der Waals surface area contributed by atoms with Gasteiger partial charge in [0.1, 0.15) is 5.75 Å². The molecule has 1 saturated carbocycles. The van der Waals surface area contributed by atoms with Gasteiger partial charge < -0.3 is 15.4 Å².